The second kappa shape index (κ2) is 6.68. The molecule has 1 aromatic carbocycles. The highest BCUT2D eigenvalue weighted by Gasteiger charge is 2.09. The number of para-hydroxylation sites is 1. The first-order valence-electron chi connectivity index (χ1n) is 7.02. The van der Waals surface area contributed by atoms with Crippen molar-refractivity contribution in [3.05, 3.63) is 30.0 Å². The number of aromatic nitrogens is 2. The Balaban J connectivity index is 1.97. The number of nitrogens with zero attached hydrogens (tertiary/aromatic N) is 3. The fourth-order valence-corrected chi connectivity index (χ4v) is 2.31. The highest BCUT2D eigenvalue weighted by Crippen LogP contribution is 2.18. The highest BCUT2D eigenvalue weighted by atomic mass is 15.3. The van der Waals surface area contributed by atoms with Crippen molar-refractivity contribution in [1.29, 1.82) is 0 Å². The molecule has 0 aliphatic heterocycles. The number of hydrogen-bond acceptors (Lipinski definition) is 3. The van der Waals surface area contributed by atoms with Gasteiger partial charge in [0.1, 0.15) is 0 Å². The molecule has 0 fully saturated rings. The van der Waals surface area contributed by atoms with Crippen molar-refractivity contribution in [1.82, 2.24) is 20.0 Å². The maximum absolute atomic E-state index is 4.63. The van der Waals surface area contributed by atoms with E-state index in [-0.39, 0.29) is 0 Å². The van der Waals surface area contributed by atoms with Crippen LogP contribution in [0.1, 0.15) is 19.0 Å². The number of nitrogens with one attached hydrogen (secondary N) is 1. The Kier molecular flexibility index (Phi) is 4.93. The van der Waals surface area contributed by atoms with Crippen LogP contribution in [0.2, 0.25) is 0 Å². The minimum atomic E-state index is 0.898. The van der Waals surface area contributed by atoms with E-state index in [1.54, 1.807) is 0 Å². The average Bonchev–Trinajstić information content (AvgIpc) is 2.72. The Morgan fingerprint density at radius 3 is 2.84 bits per heavy atom. The zero-order valence-corrected chi connectivity index (χ0v) is 12.2. The number of hydrogen-bond donors (Lipinski definition) is 1. The van der Waals surface area contributed by atoms with Crippen LogP contribution in [-0.4, -0.2) is 41.4 Å². The van der Waals surface area contributed by atoms with Crippen LogP contribution in [0.15, 0.2) is 24.3 Å². The van der Waals surface area contributed by atoms with Crippen LogP contribution in [0.5, 0.6) is 0 Å². The van der Waals surface area contributed by atoms with E-state index in [9.17, 15) is 0 Å². The quantitative estimate of drug-likeness (QED) is 0.773. The molecule has 0 spiro atoms. The molecular formula is C15H24N4. The van der Waals surface area contributed by atoms with Gasteiger partial charge >= 0.3 is 0 Å². The summed E-state index contributed by atoms with van der Waals surface area (Å²) in [5.74, 6) is 0. The first kappa shape index (κ1) is 14.0. The van der Waals surface area contributed by atoms with E-state index >= 15 is 0 Å². The fraction of sp³-hybridized carbons (Fsp3) is 0.533. The lowest BCUT2D eigenvalue weighted by Crippen LogP contribution is -2.29. The molecule has 1 aromatic heterocycles. The Bertz CT molecular complexity index is 518. The summed E-state index contributed by atoms with van der Waals surface area (Å²) in [5, 5.41) is 9.32. The van der Waals surface area contributed by atoms with E-state index in [0.29, 0.717) is 0 Å². The first-order chi connectivity index (χ1) is 9.22. The lowest BCUT2D eigenvalue weighted by atomic mass is 10.2. The number of fused-ring (bicyclic) bond motifs is 1. The maximum atomic E-state index is 4.63. The molecule has 2 aromatic rings. The summed E-state index contributed by atoms with van der Waals surface area (Å²) in [5.41, 5.74) is 2.37. The Morgan fingerprint density at radius 2 is 2.05 bits per heavy atom. The van der Waals surface area contributed by atoms with Gasteiger partial charge in [0.25, 0.3) is 0 Å². The van der Waals surface area contributed by atoms with Gasteiger partial charge in [0.15, 0.2) is 0 Å². The molecule has 19 heavy (non-hydrogen) atoms. The van der Waals surface area contributed by atoms with Crippen LogP contribution >= 0.6 is 0 Å². The molecule has 1 N–H and O–H groups in total. The molecule has 104 valence electrons. The van der Waals surface area contributed by atoms with Crippen molar-refractivity contribution in [3.63, 3.8) is 0 Å². The molecule has 0 amide bonds. The van der Waals surface area contributed by atoms with Crippen LogP contribution in [0.25, 0.3) is 10.9 Å². The molecule has 0 bridgehead atoms. The summed E-state index contributed by atoms with van der Waals surface area (Å²) < 4.78 is 1.97. The zero-order chi connectivity index (χ0) is 13.7. The molecule has 2 rings (SSSR count). The molecule has 1 heterocycles. The molecule has 0 unspecified atom stereocenters. The summed E-state index contributed by atoms with van der Waals surface area (Å²) in [6, 6.07) is 8.41. The highest BCUT2D eigenvalue weighted by molar-refractivity contribution is 5.81. The fourth-order valence-electron chi connectivity index (χ4n) is 2.31. The minimum Gasteiger partial charge on any atom is -0.315 e. The molecular weight excluding hydrogens is 236 g/mol. The van der Waals surface area contributed by atoms with Crippen LogP contribution in [-0.2, 0) is 13.6 Å². The van der Waals surface area contributed by atoms with Gasteiger partial charge < -0.3 is 5.32 Å². The average molecular weight is 260 g/mol. The summed E-state index contributed by atoms with van der Waals surface area (Å²) in [6.45, 7) is 6.27. The first-order valence-corrected chi connectivity index (χ1v) is 7.02. The van der Waals surface area contributed by atoms with Gasteiger partial charge in [-0.05, 0) is 26.1 Å². The monoisotopic (exact) mass is 260 g/mol. The van der Waals surface area contributed by atoms with E-state index < -0.39 is 0 Å². The van der Waals surface area contributed by atoms with Gasteiger partial charge in [-0.25, -0.2) is 0 Å². The van der Waals surface area contributed by atoms with Crippen LogP contribution in [0.3, 0.4) is 0 Å². The predicted molar refractivity (Wildman–Crippen MR) is 80.2 cm³/mol. The van der Waals surface area contributed by atoms with Gasteiger partial charge in [-0.15, -0.1) is 0 Å². The van der Waals surface area contributed by atoms with E-state index in [0.717, 1.165) is 31.9 Å². The third-order valence-electron chi connectivity index (χ3n) is 3.35. The van der Waals surface area contributed by atoms with Gasteiger partial charge in [0.2, 0.25) is 0 Å². The van der Waals surface area contributed by atoms with Crippen LogP contribution < -0.4 is 5.32 Å². The molecule has 0 radical (unpaired) electrons. The van der Waals surface area contributed by atoms with Crippen molar-refractivity contribution < 1.29 is 0 Å². The van der Waals surface area contributed by atoms with E-state index in [1.807, 2.05) is 11.7 Å². The normalized spacial score (nSPS) is 11.6. The van der Waals surface area contributed by atoms with Gasteiger partial charge in [-0.1, -0.05) is 25.1 Å². The van der Waals surface area contributed by atoms with Crippen molar-refractivity contribution in [2.24, 2.45) is 7.05 Å². The number of likely N-dealkylation sites (N-methyl/N-ethyl adjacent to an activating group) is 1. The minimum absolute atomic E-state index is 0.898. The Labute approximate surface area is 115 Å². The molecule has 0 aliphatic rings. The second-order valence-corrected chi connectivity index (χ2v) is 5.08. The van der Waals surface area contributed by atoms with E-state index in [2.05, 4.69) is 53.6 Å². The molecule has 4 nitrogen and oxygen atoms in total. The SMILES string of the molecule is CCCNCCN(C)Cc1nn(C)c2ccccc12. The van der Waals surface area contributed by atoms with Crippen molar-refractivity contribution in [2.45, 2.75) is 19.9 Å². The zero-order valence-electron chi connectivity index (χ0n) is 12.2. The van der Waals surface area contributed by atoms with Gasteiger partial charge in [0.05, 0.1) is 11.2 Å². The third kappa shape index (κ3) is 3.55. The molecule has 4 heteroatoms. The third-order valence-corrected chi connectivity index (χ3v) is 3.35. The maximum Gasteiger partial charge on any atom is 0.0843 e. The summed E-state index contributed by atoms with van der Waals surface area (Å²) >= 11 is 0. The van der Waals surface area contributed by atoms with Crippen LogP contribution in [0, 0.1) is 0 Å². The second-order valence-electron chi connectivity index (χ2n) is 5.08. The van der Waals surface area contributed by atoms with Gasteiger partial charge in [-0.2, -0.15) is 5.10 Å². The van der Waals surface area contributed by atoms with Crippen molar-refractivity contribution in [3.8, 4) is 0 Å². The van der Waals surface area contributed by atoms with E-state index in [4.69, 9.17) is 0 Å². The summed E-state index contributed by atoms with van der Waals surface area (Å²) in [6.07, 6.45) is 1.19. The number of benzene rings is 1. The van der Waals surface area contributed by atoms with E-state index in [1.165, 1.54) is 17.3 Å². The summed E-state index contributed by atoms with van der Waals surface area (Å²) in [7, 11) is 4.16. The topological polar surface area (TPSA) is 33.1 Å². The number of rotatable bonds is 7. The lowest BCUT2D eigenvalue weighted by Gasteiger charge is -2.15. The Morgan fingerprint density at radius 1 is 1.26 bits per heavy atom. The largest absolute Gasteiger partial charge is 0.315 e. The van der Waals surface area contributed by atoms with Crippen LogP contribution in [0.4, 0.5) is 0 Å². The van der Waals surface area contributed by atoms with Crippen molar-refractivity contribution >= 4 is 10.9 Å². The molecule has 0 saturated carbocycles. The lowest BCUT2D eigenvalue weighted by molar-refractivity contribution is 0.321. The smallest absolute Gasteiger partial charge is 0.0843 e. The Hall–Kier alpha value is -1.39. The predicted octanol–water partition coefficient (Wildman–Crippen LogP) is 2.00. The standard InChI is InChI=1S/C15H24N4/c1-4-9-16-10-11-18(2)12-14-13-7-5-6-8-15(13)19(3)17-14/h5-8,16H,4,9-12H2,1-3H3. The van der Waals surface area contributed by atoms with Gasteiger partial charge in [0, 0.05) is 32.1 Å². The van der Waals surface area contributed by atoms with Gasteiger partial charge in [-0.3, -0.25) is 9.58 Å². The van der Waals surface area contributed by atoms with Crippen molar-refractivity contribution in [2.75, 3.05) is 26.7 Å². The molecule has 0 saturated heterocycles. The summed E-state index contributed by atoms with van der Waals surface area (Å²) in [4.78, 5) is 2.32. The molecule has 0 atom stereocenters. The number of aryl methyl sites for hydroxylation is 1. The molecule has 0 aliphatic carbocycles.